The van der Waals surface area contributed by atoms with Gasteiger partial charge in [-0.15, -0.1) is 0 Å². The number of hydrogen-bond acceptors (Lipinski definition) is 4. The van der Waals surface area contributed by atoms with Crippen molar-refractivity contribution < 1.29 is 0 Å². The van der Waals surface area contributed by atoms with Crippen molar-refractivity contribution in [2.75, 3.05) is 0 Å². The van der Waals surface area contributed by atoms with Gasteiger partial charge in [0, 0.05) is 82.3 Å². The minimum Gasteiger partial charge on any atom is -0.309 e. The fraction of sp³-hybridized carbons (Fsp3) is 0.163. The molecule has 0 unspecified atom stereocenters. The lowest BCUT2D eigenvalue weighted by atomic mass is 9.79. The second kappa shape index (κ2) is 24.3. The number of rotatable bonds is 9. The summed E-state index contributed by atoms with van der Waals surface area (Å²) in [7, 11) is 0. The van der Waals surface area contributed by atoms with Crippen molar-refractivity contribution in [3.63, 3.8) is 0 Å². The number of benzene rings is 13. The third-order valence-corrected chi connectivity index (χ3v) is 21.8. The Labute approximate surface area is 618 Å². The molecule has 0 radical (unpaired) electrons. The third kappa shape index (κ3) is 11.0. The topological polar surface area (TPSA) is 82.2 Å². The lowest BCUT2D eigenvalue weighted by Gasteiger charge is -2.26. The molecule has 0 spiro atoms. The maximum absolute atomic E-state index is 10.5. The summed E-state index contributed by atoms with van der Waals surface area (Å²) in [4.78, 5) is 17.1. The highest BCUT2D eigenvalue weighted by molar-refractivity contribution is 6.21. The van der Waals surface area contributed by atoms with Crippen LogP contribution < -0.4 is 0 Å². The van der Waals surface area contributed by atoms with E-state index in [0.717, 1.165) is 127 Å². The van der Waals surface area contributed by atoms with E-state index >= 15 is 0 Å². The molecule has 514 valence electrons. The van der Waals surface area contributed by atoms with Crippen LogP contribution in [-0.2, 0) is 21.7 Å². The predicted molar refractivity (Wildman–Crippen MR) is 444 cm³/mol. The highest BCUT2D eigenvalue weighted by atomic mass is 15.1. The Kier molecular flexibility index (Phi) is 15.1. The van der Waals surface area contributed by atoms with E-state index in [1.54, 1.807) is 0 Å². The fourth-order valence-corrected chi connectivity index (χ4v) is 16.1. The summed E-state index contributed by atoms with van der Waals surface area (Å²) in [6.45, 7) is 27.4. The summed E-state index contributed by atoms with van der Waals surface area (Å²) in [5, 5.41) is 19.8. The maximum Gasteiger partial charge on any atom is 0.164 e. The van der Waals surface area contributed by atoms with Gasteiger partial charge in [0.2, 0.25) is 0 Å². The molecule has 18 aromatic rings. The van der Waals surface area contributed by atoms with Crippen LogP contribution in [0.2, 0.25) is 0 Å². The fourth-order valence-electron chi connectivity index (χ4n) is 16.1. The standard InChI is InChI=1S/C98H82N8/c1-95(2,3)66-47-64(48-67(53-66)96(4,5)6)93-100-92(101-94(102-93)65-49-68(97(7,8)9)54-69(50-65)98(10,11)12)63-43-45-86(105-84-40-25-21-36-74(84)80-55-78-72-34-19-23-38-82(72)103(88(78)57-90(80)105)70-30-15-13-16-31-70)77(51-63)76-44-42-62(61-29-27-28-60(46-61)59-99)52-87(76)106-85-41-26-22-37-75(85)81-56-79-73-35-20-24-39-83(73)104(89(79)58-91(81)106)71-32-17-14-18-33-71/h13-58H,1-12H3. The van der Waals surface area contributed by atoms with E-state index in [2.05, 4.69) is 368 Å². The van der Waals surface area contributed by atoms with E-state index in [-0.39, 0.29) is 21.7 Å². The second-order valence-electron chi connectivity index (χ2n) is 32.9. The van der Waals surface area contributed by atoms with Crippen LogP contribution in [0.5, 0.6) is 0 Å². The van der Waals surface area contributed by atoms with E-state index < -0.39 is 0 Å². The molecule has 8 nitrogen and oxygen atoms in total. The molecule has 8 heteroatoms. The first-order valence-electron chi connectivity index (χ1n) is 37.0. The molecule has 0 atom stereocenters. The summed E-state index contributed by atoms with van der Waals surface area (Å²) in [5.41, 5.74) is 24.1. The largest absolute Gasteiger partial charge is 0.309 e. The highest BCUT2D eigenvalue weighted by Gasteiger charge is 2.29. The molecular weight excluding hydrogens is 1290 g/mol. The van der Waals surface area contributed by atoms with E-state index in [1.807, 2.05) is 18.2 Å². The van der Waals surface area contributed by atoms with Crippen molar-refractivity contribution >= 4 is 87.2 Å². The van der Waals surface area contributed by atoms with Crippen molar-refractivity contribution in [1.29, 1.82) is 5.26 Å². The average molecular weight is 1370 g/mol. The monoisotopic (exact) mass is 1370 g/mol. The molecule has 0 amide bonds. The minimum atomic E-state index is -0.173. The van der Waals surface area contributed by atoms with Crippen LogP contribution in [0, 0.1) is 11.3 Å². The van der Waals surface area contributed by atoms with Gasteiger partial charge in [0.25, 0.3) is 0 Å². The molecule has 5 heterocycles. The van der Waals surface area contributed by atoms with E-state index in [0.29, 0.717) is 23.0 Å². The van der Waals surface area contributed by atoms with Crippen LogP contribution in [0.15, 0.2) is 279 Å². The molecule has 0 bridgehead atoms. The smallest absolute Gasteiger partial charge is 0.164 e. The van der Waals surface area contributed by atoms with Gasteiger partial charge < -0.3 is 18.3 Å². The normalized spacial score (nSPS) is 12.5. The van der Waals surface area contributed by atoms with Crippen LogP contribution in [0.1, 0.15) is 111 Å². The van der Waals surface area contributed by atoms with Crippen LogP contribution in [0.3, 0.4) is 0 Å². The number of nitrogens with zero attached hydrogens (tertiary/aromatic N) is 8. The molecule has 0 aliphatic carbocycles. The summed E-state index contributed by atoms with van der Waals surface area (Å²) in [6, 6.07) is 105. The molecule has 0 saturated carbocycles. The molecule has 106 heavy (non-hydrogen) atoms. The molecule has 0 fully saturated rings. The van der Waals surface area contributed by atoms with Gasteiger partial charge in [-0.2, -0.15) is 5.26 Å². The van der Waals surface area contributed by atoms with Gasteiger partial charge in [-0.05, 0) is 189 Å². The first kappa shape index (κ1) is 65.6. The van der Waals surface area contributed by atoms with Gasteiger partial charge >= 0.3 is 0 Å². The maximum atomic E-state index is 10.5. The van der Waals surface area contributed by atoms with Crippen molar-refractivity contribution in [2.45, 2.75) is 105 Å². The first-order chi connectivity index (χ1) is 51.0. The van der Waals surface area contributed by atoms with Gasteiger partial charge in [0.05, 0.1) is 67.1 Å². The molecule has 18 rings (SSSR count). The number of nitriles is 1. The van der Waals surface area contributed by atoms with Crippen molar-refractivity contribution in [2.24, 2.45) is 0 Å². The van der Waals surface area contributed by atoms with Crippen LogP contribution in [0.25, 0.3) is 166 Å². The zero-order chi connectivity index (χ0) is 72.9. The van der Waals surface area contributed by atoms with E-state index in [4.69, 9.17) is 15.0 Å². The van der Waals surface area contributed by atoms with Crippen molar-refractivity contribution in [3.05, 3.63) is 307 Å². The van der Waals surface area contributed by atoms with Gasteiger partial charge in [-0.1, -0.05) is 229 Å². The number of aromatic nitrogens is 7. The van der Waals surface area contributed by atoms with Gasteiger partial charge in [0.1, 0.15) is 0 Å². The number of hydrogen-bond donors (Lipinski definition) is 0. The van der Waals surface area contributed by atoms with Gasteiger partial charge in [-0.25, -0.2) is 15.0 Å². The summed E-state index contributed by atoms with van der Waals surface area (Å²) >= 11 is 0. The molecule has 0 N–H and O–H groups in total. The van der Waals surface area contributed by atoms with E-state index in [1.165, 1.54) is 43.8 Å². The molecular formula is C98H82N8. The first-order valence-corrected chi connectivity index (χ1v) is 37.0. The minimum absolute atomic E-state index is 0.173. The summed E-state index contributed by atoms with van der Waals surface area (Å²) in [5.74, 6) is 1.77. The molecule has 0 aliphatic rings. The Morgan fingerprint density at radius 3 is 1.02 bits per heavy atom. The Hall–Kier alpha value is -12.4. The Morgan fingerprint density at radius 1 is 0.245 bits per heavy atom. The van der Waals surface area contributed by atoms with Crippen molar-refractivity contribution in [3.8, 4) is 85.2 Å². The summed E-state index contributed by atoms with van der Waals surface area (Å²) in [6.07, 6.45) is 0. The lowest BCUT2D eigenvalue weighted by Crippen LogP contribution is -2.17. The second-order valence-corrected chi connectivity index (χ2v) is 32.9. The third-order valence-electron chi connectivity index (χ3n) is 21.8. The molecule has 13 aromatic carbocycles. The molecule has 5 aromatic heterocycles. The SMILES string of the molecule is CC(C)(C)c1cc(-c2nc(-c3cc(C(C)(C)C)cc(C(C)(C)C)c3)nc(-c3ccc(-n4c5ccccc5c5cc6c7ccccc7n(-c7ccccc7)c6cc54)c(-c4ccc(-c5cccc(C#N)c5)cc4-n4c5ccccc5c5cc6c7ccccc7n(-c7ccccc7)c6cc54)c3)n2)cc(C(C)(C)C)c1. The Balaban J connectivity index is 0.990. The van der Waals surface area contributed by atoms with Gasteiger partial charge in [-0.3, -0.25) is 0 Å². The van der Waals surface area contributed by atoms with Crippen LogP contribution in [0.4, 0.5) is 0 Å². The number of fused-ring (bicyclic) bond motifs is 12. The van der Waals surface area contributed by atoms with Crippen molar-refractivity contribution in [1.82, 2.24) is 33.2 Å². The highest BCUT2D eigenvalue weighted by Crippen LogP contribution is 2.48. The van der Waals surface area contributed by atoms with Crippen LogP contribution in [-0.4, -0.2) is 33.2 Å². The summed E-state index contributed by atoms with van der Waals surface area (Å²) < 4.78 is 9.83. The zero-order valence-electron chi connectivity index (χ0n) is 62.1. The van der Waals surface area contributed by atoms with Crippen LogP contribution >= 0.6 is 0 Å². The number of para-hydroxylation sites is 6. The van der Waals surface area contributed by atoms with Gasteiger partial charge in [0.15, 0.2) is 17.5 Å². The van der Waals surface area contributed by atoms with E-state index in [9.17, 15) is 5.26 Å². The molecule has 0 aliphatic heterocycles. The quantitative estimate of drug-likeness (QED) is 0.144. The predicted octanol–water partition coefficient (Wildman–Crippen LogP) is 25.7. The zero-order valence-corrected chi connectivity index (χ0v) is 62.1. The average Bonchev–Trinajstić information content (AvgIpc) is 1.50. The Morgan fingerprint density at radius 2 is 0.604 bits per heavy atom. The lowest BCUT2D eigenvalue weighted by molar-refractivity contribution is 0.568. The molecule has 0 saturated heterocycles. The Bertz CT molecular complexity index is 6520.